The Hall–Kier alpha value is -1.52. The van der Waals surface area contributed by atoms with E-state index in [1.807, 2.05) is 48.5 Å². The number of benzene rings is 2. The molecular weight excluding hydrogens is 306 g/mol. The first-order valence-corrected chi connectivity index (χ1v) is 6.88. The Morgan fingerprint density at radius 1 is 0.947 bits per heavy atom. The van der Waals surface area contributed by atoms with E-state index in [1.165, 1.54) is 0 Å². The number of para-hydroxylation sites is 1. The van der Waals surface area contributed by atoms with Gasteiger partial charge in [-0.3, -0.25) is 0 Å². The van der Waals surface area contributed by atoms with Crippen LogP contribution >= 0.6 is 15.9 Å². The third-order valence-corrected chi connectivity index (χ3v) is 3.09. The monoisotopic (exact) mass is 321 g/mol. The predicted octanol–water partition coefficient (Wildman–Crippen LogP) is 3.37. The van der Waals surface area contributed by atoms with Gasteiger partial charge in [-0.2, -0.15) is 0 Å². The number of ether oxygens (including phenoxy) is 2. The molecule has 0 aromatic heterocycles. The summed E-state index contributed by atoms with van der Waals surface area (Å²) in [6.45, 7) is 1.45. The van der Waals surface area contributed by atoms with E-state index in [1.54, 1.807) is 0 Å². The van der Waals surface area contributed by atoms with Crippen molar-refractivity contribution < 1.29 is 9.47 Å². The van der Waals surface area contributed by atoms with Crippen molar-refractivity contribution in [1.29, 1.82) is 0 Å². The lowest BCUT2D eigenvalue weighted by atomic mass is 10.2. The average molecular weight is 322 g/mol. The van der Waals surface area contributed by atoms with Crippen molar-refractivity contribution in [3.05, 3.63) is 58.6 Å². The molecule has 2 aromatic carbocycles. The SMILES string of the molecule is NCc1cc(Br)ccc1OCCOc1ccccc1. The van der Waals surface area contributed by atoms with E-state index in [9.17, 15) is 0 Å². The number of hydrogen-bond donors (Lipinski definition) is 1. The van der Waals surface area contributed by atoms with Gasteiger partial charge < -0.3 is 15.2 Å². The van der Waals surface area contributed by atoms with Gasteiger partial charge in [0, 0.05) is 16.6 Å². The van der Waals surface area contributed by atoms with Crippen LogP contribution in [0.5, 0.6) is 11.5 Å². The highest BCUT2D eigenvalue weighted by atomic mass is 79.9. The van der Waals surface area contributed by atoms with E-state index in [0.717, 1.165) is 21.5 Å². The van der Waals surface area contributed by atoms with Gasteiger partial charge in [-0.05, 0) is 30.3 Å². The van der Waals surface area contributed by atoms with Crippen LogP contribution < -0.4 is 15.2 Å². The van der Waals surface area contributed by atoms with Gasteiger partial charge in [0.05, 0.1) is 0 Å². The zero-order valence-corrected chi connectivity index (χ0v) is 12.1. The standard InChI is InChI=1S/C15H16BrNO2/c16-13-6-7-15(12(10-13)11-17)19-9-8-18-14-4-2-1-3-5-14/h1-7,10H,8-9,11,17H2. The summed E-state index contributed by atoms with van der Waals surface area (Å²) in [5, 5.41) is 0. The molecule has 0 fully saturated rings. The molecule has 0 aliphatic rings. The van der Waals surface area contributed by atoms with E-state index in [4.69, 9.17) is 15.2 Å². The van der Waals surface area contributed by atoms with Crippen molar-refractivity contribution in [2.75, 3.05) is 13.2 Å². The Labute approximate surface area is 121 Å². The maximum Gasteiger partial charge on any atom is 0.124 e. The second-order valence-electron chi connectivity index (χ2n) is 3.97. The fourth-order valence-corrected chi connectivity index (χ4v) is 2.08. The molecule has 4 heteroatoms. The van der Waals surface area contributed by atoms with Crippen LogP contribution in [0.15, 0.2) is 53.0 Å². The molecule has 0 aliphatic heterocycles. The Morgan fingerprint density at radius 3 is 2.42 bits per heavy atom. The van der Waals surface area contributed by atoms with Gasteiger partial charge >= 0.3 is 0 Å². The molecule has 0 bridgehead atoms. The summed E-state index contributed by atoms with van der Waals surface area (Å²) in [4.78, 5) is 0. The van der Waals surface area contributed by atoms with Crippen LogP contribution in [-0.2, 0) is 6.54 Å². The summed E-state index contributed by atoms with van der Waals surface area (Å²) < 4.78 is 12.2. The van der Waals surface area contributed by atoms with Gasteiger partial charge in [-0.25, -0.2) is 0 Å². The van der Waals surface area contributed by atoms with Crippen molar-refractivity contribution in [2.24, 2.45) is 5.73 Å². The van der Waals surface area contributed by atoms with Crippen molar-refractivity contribution in [3.8, 4) is 11.5 Å². The molecule has 0 saturated heterocycles. The van der Waals surface area contributed by atoms with Gasteiger partial charge in [-0.1, -0.05) is 34.1 Å². The van der Waals surface area contributed by atoms with Crippen LogP contribution in [0.25, 0.3) is 0 Å². The molecule has 3 nitrogen and oxygen atoms in total. The predicted molar refractivity (Wildman–Crippen MR) is 79.5 cm³/mol. The van der Waals surface area contributed by atoms with Gasteiger partial charge in [-0.15, -0.1) is 0 Å². The van der Waals surface area contributed by atoms with Crippen molar-refractivity contribution in [1.82, 2.24) is 0 Å². The molecule has 100 valence electrons. The summed E-state index contributed by atoms with van der Waals surface area (Å²) in [7, 11) is 0. The minimum atomic E-state index is 0.453. The van der Waals surface area contributed by atoms with Crippen LogP contribution in [0.1, 0.15) is 5.56 Å². The van der Waals surface area contributed by atoms with Gasteiger partial charge in [0.15, 0.2) is 0 Å². The highest BCUT2D eigenvalue weighted by Crippen LogP contribution is 2.22. The minimum absolute atomic E-state index is 0.453. The fraction of sp³-hybridized carbons (Fsp3) is 0.200. The van der Waals surface area contributed by atoms with E-state index >= 15 is 0 Å². The molecule has 0 spiro atoms. The highest BCUT2D eigenvalue weighted by molar-refractivity contribution is 9.10. The Morgan fingerprint density at radius 2 is 1.68 bits per heavy atom. The third kappa shape index (κ3) is 4.26. The summed E-state index contributed by atoms with van der Waals surface area (Å²) in [5.41, 5.74) is 6.66. The molecule has 0 saturated carbocycles. The first kappa shape index (κ1) is 13.9. The Balaban J connectivity index is 1.83. The first-order chi connectivity index (χ1) is 9.29. The molecule has 0 amide bonds. The molecule has 2 aromatic rings. The second kappa shape index (κ2) is 7.16. The largest absolute Gasteiger partial charge is 0.490 e. The van der Waals surface area contributed by atoms with Gasteiger partial charge in [0.1, 0.15) is 24.7 Å². The molecule has 0 heterocycles. The number of nitrogens with two attached hydrogens (primary N) is 1. The fourth-order valence-electron chi connectivity index (χ4n) is 1.68. The van der Waals surface area contributed by atoms with Gasteiger partial charge in [0.25, 0.3) is 0 Å². The van der Waals surface area contributed by atoms with E-state index in [0.29, 0.717) is 19.8 Å². The normalized spacial score (nSPS) is 10.2. The molecule has 2 rings (SSSR count). The third-order valence-electron chi connectivity index (χ3n) is 2.60. The summed E-state index contributed by atoms with van der Waals surface area (Å²) >= 11 is 3.41. The molecule has 0 radical (unpaired) electrons. The number of rotatable bonds is 6. The lowest BCUT2D eigenvalue weighted by Gasteiger charge is -2.11. The smallest absolute Gasteiger partial charge is 0.124 e. The topological polar surface area (TPSA) is 44.5 Å². The molecular formula is C15H16BrNO2. The zero-order chi connectivity index (χ0) is 13.5. The zero-order valence-electron chi connectivity index (χ0n) is 10.5. The van der Waals surface area contributed by atoms with Crippen LogP contribution in [0.4, 0.5) is 0 Å². The maximum atomic E-state index is 5.68. The van der Waals surface area contributed by atoms with Crippen molar-refractivity contribution >= 4 is 15.9 Å². The summed E-state index contributed by atoms with van der Waals surface area (Å²) in [5.74, 6) is 1.66. The minimum Gasteiger partial charge on any atom is -0.490 e. The summed E-state index contributed by atoms with van der Waals surface area (Å²) in [6, 6.07) is 15.5. The van der Waals surface area contributed by atoms with E-state index in [-0.39, 0.29) is 0 Å². The molecule has 2 N–H and O–H groups in total. The first-order valence-electron chi connectivity index (χ1n) is 6.09. The Bertz CT molecular complexity index is 517. The molecule has 0 unspecified atom stereocenters. The molecule has 19 heavy (non-hydrogen) atoms. The van der Waals surface area contributed by atoms with Crippen LogP contribution in [-0.4, -0.2) is 13.2 Å². The second-order valence-corrected chi connectivity index (χ2v) is 4.88. The lowest BCUT2D eigenvalue weighted by Crippen LogP contribution is -2.10. The average Bonchev–Trinajstić information content (AvgIpc) is 2.46. The van der Waals surface area contributed by atoms with Crippen LogP contribution in [0.3, 0.4) is 0 Å². The quantitative estimate of drug-likeness (QED) is 0.830. The maximum absolute atomic E-state index is 5.68. The molecule has 0 aliphatic carbocycles. The van der Waals surface area contributed by atoms with Gasteiger partial charge in [0.2, 0.25) is 0 Å². The Kier molecular flexibility index (Phi) is 5.24. The van der Waals surface area contributed by atoms with E-state index in [2.05, 4.69) is 15.9 Å². The van der Waals surface area contributed by atoms with Crippen LogP contribution in [0.2, 0.25) is 0 Å². The van der Waals surface area contributed by atoms with Crippen LogP contribution in [0, 0.1) is 0 Å². The number of hydrogen-bond acceptors (Lipinski definition) is 3. The highest BCUT2D eigenvalue weighted by Gasteiger charge is 2.03. The summed E-state index contributed by atoms with van der Waals surface area (Å²) in [6.07, 6.45) is 0. The van der Waals surface area contributed by atoms with Crippen molar-refractivity contribution in [3.63, 3.8) is 0 Å². The lowest BCUT2D eigenvalue weighted by molar-refractivity contribution is 0.216. The van der Waals surface area contributed by atoms with E-state index < -0.39 is 0 Å². The number of halogens is 1. The van der Waals surface area contributed by atoms with Crippen molar-refractivity contribution in [2.45, 2.75) is 6.54 Å². The molecule has 0 atom stereocenters.